The van der Waals surface area contributed by atoms with Crippen LogP contribution in [0.2, 0.25) is 5.15 Å². The van der Waals surface area contributed by atoms with Crippen LogP contribution in [0, 0.1) is 0 Å². The lowest BCUT2D eigenvalue weighted by Gasteiger charge is -1.99. The molecule has 0 radical (unpaired) electrons. The molecule has 0 aliphatic carbocycles. The quantitative estimate of drug-likeness (QED) is 0.533. The van der Waals surface area contributed by atoms with Crippen molar-refractivity contribution in [2.45, 2.75) is 6.92 Å². The van der Waals surface area contributed by atoms with Gasteiger partial charge < -0.3 is 4.57 Å². The van der Waals surface area contributed by atoms with Gasteiger partial charge in [0.25, 0.3) is 0 Å². The number of halogens is 1. The normalized spacial score (nSPS) is 10.8. The van der Waals surface area contributed by atoms with Crippen molar-refractivity contribution in [3.05, 3.63) is 29.2 Å². The summed E-state index contributed by atoms with van der Waals surface area (Å²) in [5.74, 6) is 0.0276. The highest BCUT2D eigenvalue weighted by atomic mass is 35.5. The van der Waals surface area contributed by atoms with Gasteiger partial charge in [-0.15, -0.1) is 0 Å². The molecule has 2 rings (SSSR count). The van der Waals surface area contributed by atoms with Gasteiger partial charge in [0.2, 0.25) is 0 Å². The topological polar surface area (TPSA) is 34.9 Å². The van der Waals surface area contributed by atoms with Crippen LogP contribution < -0.4 is 0 Å². The van der Waals surface area contributed by atoms with Gasteiger partial charge in [-0.05, 0) is 12.1 Å². The molecule has 0 saturated carbocycles. The van der Waals surface area contributed by atoms with E-state index in [-0.39, 0.29) is 5.78 Å². The van der Waals surface area contributed by atoms with Gasteiger partial charge in [-0.2, -0.15) is 0 Å². The molecule has 0 N–H and O–H groups in total. The Morgan fingerprint density at radius 1 is 1.57 bits per heavy atom. The smallest absolute Gasteiger partial charge is 0.176 e. The fraction of sp³-hybridized carbons (Fsp3) is 0.200. The van der Waals surface area contributed by atoms with E-state index in [4.69, 9.17) is 11.6 Å². The van der Waals surface area contributed by atoms with Crippen molar-refractivity contribution in [3.63, 3.8) is 0 Å². The number of hydrogen-bond donors (Lipinski definition) is 0. The van der Waals surface area contributed by atoms with Crippen LogP contribution in [0.5, 0.6) is 0 Å². The van der Waals surface area contributed by atoms with Gasteiger partial charge in [-0.25, -0.2) is 4.98 Å². The minimum atomic E-state index is 0.0276. The molecule has 0 atom stereocenters. The van der Waals surface area contributed by atoms with Crippen LogP contribution in [0.1, 0.15) is 17.4 Å². The Labute approximate surface area is 86.3 Å². The van der Waals surface area contributed by atoms with Crippen molar-refractivity contribution in [1.29, 1.82) is 0 Å². The minimum absolute atomic E-state index is 0.0276. The number of fused-ring (bicyclic) bond motifs is 1. The highest BCUT2D eigenvalue weighted by molar-refractivity contribution is 6.34. The van der Waals surface area contributed by atoms with Crippen molar-refractivity contribution in [3.8, 4) is 0 Å². The van der Waals surface area contributed by atoms with Gasteiger partial charge in [0.05, 0.1) is 11.2 Å². The number of aryl methyl sites for hydroxylation is 1. The maximum Gasteiger partial charge on any atom is 0.176 e. The van der Waals surface area contributed by atoms with Crippen molar-refractivity contribution in [2.24, 2.45) is 7.05 Å². The van der Waals surface area contributed by atoms with Crippen LogP contribution in [-0.2, 0) is 7.05 Å². The summed E-state index contributed by atoms with van der Waals surface area (Å²) in [5.41, 5.74) is 1.57. The number of Topliss-reactive ketones (excluding diaryl/α,β-unsaturated/α-hetero) is 1. The third kappa shape index (κ3) is 1.21. The number of carbonyl (C=O) groups excluding carboxylic acids is 1. The molecule has 72 valence electrons. The number of aromatic nitrogens is 2. The molecule has 0 fully saturated rings. The predicted molar refractivity (Wildman–Crippen MR) is 55.7 cm³/mol. The summed E-state index contributed by atoms with van der Waals surface area (Å²) in [6.07, 6.45) is 1.63. The highest BCUT2D eigenvalue weighted by Crippen LogP contribution is 2.24. The largest absolute Gasteiger partial charge is 0.341 e. The monoisotopic (exact) mass is 208 g/mol. The number of hydrogen-bond acceptors (Lipinski definition) is 2. The summed E-state index contributed by atoms with van der Waals surface area (Å²) in [4.78, 5) is 15.2. The molecule has 14 heavy (non-hydrogen) atoms. The first-order chi connectivity index (χ1) is 6.61. The first-order valence-electron chi connectivity index (χ1n) is 4.22. The van der Waals surface area contributed by atoms with Gasteiger partial charge in [0, 0.05) is 25.6 Å². The Hall–Kier alpha value is -1.35. The zero-order valence-electron chi connectivity index (χ0n) is 7.91. The van der Waals surface area contributed by atoms with Gasteiger partial charge in [0.1, 0.15) is 5.15 Å². The van der Waals surface area contributed by atoms with Crippen LogP contribution in [0.3, 0.4) is 0 Å². The molecule has 0 amide bonds. The highest BCUT2D eigenvalue weighted by Gasteiger charge is 2.11. The van der Waals surface area contributed by atoms with E-state index < -0.39 is 0 Å². The Morgan fingerprint density at radius 2 is 2.29 bits per heavy atom. The molecule has 2 heterocycles. The van der Waals surface area contributed by atoms with Crippen LogP contribution in [0.25, 0.3) is 10.9 Å². The van der Waals surface area contributed by atoms with E-state index in [1.54, 1.807) is 12.3 Å². The number of ketones is 1. The molecule has 0 saturated heterocycles. The Kier molecular flexibility index (Phi) is 2.04. The summed E-state index contributed by atoms with van der Waals surface area (Å²) in [7, 11) is 1.84. The Morgan fingerprint density at radius 3 is 2.86 bits per heavy atom. The number of pyridine rings is 1. The predicted octanol–water partition coefficient (Wildman–Crippen LogP) is 2.43. The lowest BCUT2D eigenvalue weighted by atomic mass is 10.3. The second-order valence-corrected chi connectivity index (χ2v) is 3.54. The molecule has 0 unspecified atom stereocenters. The summed E-state index contributed by atoms with van der Waals surface area (Å²) < 4.78 is 1.82. The molecule has 3 nitrogen and oxygen atoms in total. The maximum absolute atomic E-state index is 11.3. The summed E-state index contributed by atoms with van der Waals surface area (Å²) in [6, 6.07) is 3.61. The fourth-order valence-corrected chi connectivity index (χ4v) is 1.77. The molecular weight excluding hydrogens is 200 g/mol. The van der Waals surface area contributed by atoms with Crippen LogP contribution in [0.15, 0.2) is 18.3 Å². The maximum atomic E-state index is 11.3. The Balaban J connectivity index is 2.86. The average molecular weight is 209 g/mol. The molecular formula is C10H9ClN2O. The molecule has 0 spiro atoms. The minimum Gasteiger partial charge on any atom is -0.341 e. The summed E-state index contributed by atoms with van der Waals surface area (Å²) in [5, 5.41) is 1.26. The van der Waals surface area contributed by atoms with E-state index in [1.165, 1.54) is 6.92 Å². The summed E-state index contributed by atoms with van der Waals surface area (Å²) >= 11 is 5.91. The van der Waals surface area contributed by atoms with Crippen molar-refractivity contribution < 1.29 is 4.79 Å². The number of nitrogens with zero attached hydrogens (tertiary/aromatic N) is 2. The van der Waals surface area contributed by atoms with Gasteiger partial charge in [0.15, 0.2) is 5.78 Å². The van der Waals surface area contributed by atoms with Crippen molar-refractivity contribution >= 4 is 28.3 Å². The van der Waals surface area contributed by atoms with Gasteiger partial charge in [-0.1, -0.05) is 11.6 Å². The molecule has 2 aromatic rings. The van der Waals surface area contributed by atoms with Gasteiger partial charge in [-0.3, -0.25) is 4.79 Å². The van der Waals surface area contributed by atoms with E-state index >= 15 is 0 Å². The second-order valence-electron chi connectivity index (χ2n) is 3.18. The third-order valence-corrected chi connectivity index (χ3v) is 2.58. The van der Waals surface area contributed by atoms with Crippen molar-refractivity contribution in [2.75, 3.05) is 0 Å². The average Bonchev–Trinajstić information content (AvgIpc) is 2.46. The third-order valence-electron chi connectivity index (χ3n) is 2.28. The van der Waals surface area contributed by atoms with E-state index in [1.807, 2.05) is 17.7 Å². The first-order valence-corrected chi connectivity index (χ1v) is 4.60. The zero-order chi connectivity index (χ0) is 10.3. The second kappa shape index (κ2) is 3.10. The van der Waals surface area contributed by atoms with Crippen molar-refractivity contribution in [1.82, 2.24) is 9.55 Å². The molecule has 0 aliphatic heterocycles. The molecule has 0 bridgehead atoms. The first kappa shape index (κ1) is 9.21. The van der Waals surface area contributed by atoms with Crippen LogP contribution in [0.4, 0.5) is 0 Å². The fourth-order valence-electron chi connectivity index (χ4n) is 1.57. The van der Waals surface area contributed by atoms with E-state index in [2.05, 4.69) is 4.98 Å². The lowest BCUT2D eigenvalue weighted by molar-refractivity contribution is 0.101. The standard InChI is InChI=1S/C10H9ClN2O/c1-6(14)9-5-7-8(13(9)2)3-4-12-10(7)11/h3-5H,1-2H3. The van der Waals surface area contributed by atoms with E-state index in [0.29, 0.717) is 10.8 Å². The van der Waals surface area contributed by atoms with Gasteiger partial charge >= 0.3 is 0 Å². The van der Waals surface area contributed by atoms with Crippen LogP contribution in [-0.4, -0.2) is 15.3 Å². The van der Waals surface area contributed by atoms with E-state index in [0.717, 1.165) is 10.9 Å². The summed E-state index contributed by atoms with van der Waals surface area (Å²) in [6.45, 7) is 1.54. The molecule has 2 aromatic heterocycles. The molecule has 0 aromatic carbocycles. The van der Waals surface area contributed by atoms with Crippen LogP contribution >= 0.6 is 11.6 Å². The molecule has 0 aliphatic rings. The zero-order valence-corrected chi connectivity index (χ0v) is 8.67. The van der Waals surface area contributed by atoms with E-state index in [9.17, 15) is 4.79 Å². The molecule has 4 heteroatoms. The lowest BCUT2D eigenvalue weighted by Crippen LogP contribution is -2.00. The number of rotatable bonds is 1. The number of carbonyl (C=O) groups is 1. The SMILES string of the molecule is CC(=O)c1cc2c(Cl)nccc2n1C. The Bertz CT molecular complexity index is 516.